The number of phenolic OH excluding ortho intramolecular Hbond substituents is 1. The lowest BCUT2D eigenvalue weighted by Crippen LogP contribution is -2.21. The first-order valence-electron chi connectivity index (χ1n) is 9.96. The Morgan fingerprint density at radius 2 is 1.70 bits per heavy atom. The first kappa shape index (κ1) is 20.5. The average molecular weight is 421 g/mol. The highest BCUT2D eigenvalue weighted by atomic mass is 32.2. The Hall–Kier alpha value is -2.73. The molecule has 3 aromatic rings. The standard InChI is InChI=1S/C25H24O4S/c1-2-20-21-5-3-4-6-23(21)30-24-13-19(29-15-18(28)14-26)11-12-22(24)25(20)16-7-9-17(27)10-8-16/h3-13,18,26-28H,2,14-15H2,1H3. The number of benzene rings is 3. The molecule has 3 aromatic carbocycles. The predicted molar refractivity (Wildman–Crippen MR) is 120 cm³/mol. The molecule has 1 unspecified atom stereocenters. The maximum atomic E-state index is 9.77. The molecule has 0 saturated heterocycles. The molecule has 5 heteroatoms. The van der Waals surface area contributed by atoms with Gasteiger partial charge in [-0.2, -0.15) is 0 Å². The molecule has 0 radical (unpaired) electrons. The zero-order chi connectivity index (χ0) is 21.1. The van der Waals surface area contributed by atoms with Crippen LogP contribution >= 0.6 is 11.8 Å². The lowest BCUT2D eigenvalue weighted by molar-refractivity contribution is 0.0535. The number of hydrogen-bond donors (Lipinski definition) is 3. The van der Waals surface area contributed by atoms with Crippen molar-refractivity contribution in [2.45, 2.75) is 29.2 Å². The van der Waals surface area contributed by atoms with Gasteiger partial charge in [0, 0.05) is 9.79 Å². The fraction of sp³-hybridized carbons (Fsp3) is 0.200. The summed E-state index contributed by atoms with van der Waals surface area (Å²) in [5, 5.41) is 28.4. The SMILES string of the molecule is CCC1=C(c2ccc(O)cc2)c2ccc(OCC(O)CO)cc2Sc2ccccc21. The average Bonchev–Trinajstić information content (AvgIpc) is 2.91. The van der Waals surface area contributed by atoms with Crippen molar-refractivity contribution in [3.8, 4) is 11.5 Å². The summed E-state index contributed by atoms with van der Waals surface area (Å²) < 4.78 is 5.69. The maximum absolute atomic E-state index is 9.77. The topological polar surface area (TPSA) is 69.9 Å². The van der Waals surface area contributed by atoms with E-state index in [9.17, 15) is 10.2 Å². The Morgan fingerprint density at radius 3 is 2.43 bits per heavy atom. The minimum atomic E-state index is -0.906. The molecule has 0 bridgehead atoms. The van der Waals surface area contributed by atoms with Crippen molar-refractivity contribution in [2.75, 3.05) is 13.2 Å². The Labute approximate surface area is 180 Å². The van der Waals surface area contributed by atoms with Crippen molar-refractivity contribution in [2.24, 2.45) is 0 Å². The van der Waals surface area contributed by atoms with Crippen molar-refractivity contribution in [3.05, 3.63) is 83.4 Å². The molecule has 1 aliphatic rings. The monoisotopic (exact) mass is 420 g/mol. The van der Waals surface area contributed by atoms with Crippen LogP contribution in [0, 0.1) is 0 Å². The lowest BCUT2D eigenvalue weighted by atomic mass is 9.88. The molecule has 1 heterocycles. The van der Waals surface area contributed by atoms with Crippen molar-refractivity contribution >= 4 is 22.9 Å². The van der Waals surface area contributed by atoms with Gasteiger partial charge in [-0.05, 0) is 70.7 Å². The molecule has 0 aliphatic carbocycles. The molecule has 0 amide bonds. The minimum Gasteiger partial charge on any atom is -0.508 e. The quantitative estimate of drug-likeness (QED) is 0.526. The molecule has 1 atom stereocenters. The highest BCUT2D eigenvalue weighted by Gasteiger charge is 2.23. The van der Waals surface area contributed by atoms with Crippen molar-refractivity contribution < 1.29 is 20.1 Å². The van der Waals surface area contributed by atoms with E-state index in [1.807, 2.05) is 36.4 Å². The first-order valence-corrected chi connectivity index (χ1v) is 10.8. The van der Waals surface area contributed by atoms with Gasteiger partial charge in [0.05, 0.1) is 6.61 Å². The van der Waals surface area contributed by atoms with Crippen molar-refractivity contribution in [3.63, 3.8) is 0 Å². The second kappa shape index (κ2) is 8.96. The largest absolute Gasteiger partial charge is 0.508 e. The van der Waals surface area contributed by atoms with Crippen LogP contribution in [0.2, 0.25) is 0 Å². The second-order valence-corrected chi connectivity index (χ2v) is 8.24. The molecule has 0 saturated carbocycles. The van der Waals surface area contributed by atoms with Gasteiger partial charge in [-0.1, -0.05) is 49.0 Å². The third-order valence-electron chi connectivity index (χ3n) is 5.12. The van der Waals surface area contributed by atoms with Gasteiger partial charge in [-0.3, -0.25) is 0 Å². The number of phenols is 1. The number of hydrogen-bond acceptors (Lipinski definition) is 5. The lowest BCUT2D eigenvalue weighted by Gasteiger charge is -2.17. The molecular weight excluding hydrogens is 396 g/mol. The van der Waals surface area contributed by atoms with Crippen molar-refractivity contribution in [1.29, 1.82) is 0 Å². The van der Waals surface area contributed by atoms with Crippen LogP contribution in [0.5, 0.6) is 11.5 Å². The Kier molecular flexibility index (Phi) is 6.13. The molecule has 0 aromatic heterocycles. The summed E-state index contributed by atoms with van der Waals surface area (Å²) >= 11 is 1.70. The third kappa shape index (κ3) is 4.10. The summed E-state index contributed by atoms with van der Waals surface area (Å²) in [5.74, 6) is 0.892. The molecule has 1 aliphatic heterocycles. The highest BCUT2D eigenvalue weighted by molar-refractivity contribution is 7.99. The highest BCUT2D eigenvalue weighted by Crippen LogP contribution is 2.48. The molecule has 3 N–H and O–H groups in total. The number of rotatable bonds is 6. The van der Waals surface area contributed by atoms with E-state index in [0.29, 0.717) is 5.75 Å². The first-order chi connectivity index (χ1) is 14.6. The summed E-state index contributed by atoms with van der Waals surface area (Å²) in [5.41, 5.74) is 5.77. The molecule has 0 spiro atoms. The van der Waals surface area contributed by atoms with E-state index in [1.54, 1.807) is 23.9 Å². The van der Waals surface area contributed by atoms with E-state index in [1.165, 1.54) is 16.0 Å². The van der Waals surface area contributed by atoms with Crippen LogP contribution in [0.1, 0.15) is 30.0 Å². The number of aromatic hydroxyl groups is 1. The summed E-state index contributed by atoms with van der Waals surface area (Å²) in [6.07, 6.45) is -0.0370. The van der Waals surface area contributed by atoms with E-state index in [2.05, 4.69) is 25.1 Å². The van der Waals surface area contributed by atoms with Crippen LogP contribution in [0.4, 0.5) is 0 Å². The Balaban J connectivity index is 1.88. The van der Waals surface area contributed by atoms with Gasteiger partial charge in [0.25, 0.3) is 0 Å². The molecule has 0 fully saturated rings. The molecular formula is C25H24O4S. The van der Waals surface area contributed by atoms with Gasteiger partial charge in [0.2, 0.25) is 0 Å². The van der Waals surface area contributed by atoms with Crippen LogP contribution in [0.3, 0.4) is 0 Å². The van der Waals surface area contributed by atoms with Gasteiger partial charge in [0.1, 0.15) is 24.2 Å². The molecule has 4 nitrogen and oxygen atoms in total. The van der Waals surface area contributed by atoms with Gasteiger partial charge in [-0.25, -0.2) is 0 Å². The predicted octanol–water partition coefficient (Wildman–Crippen LogP) is 4.96. The summed E-state index contributed by atoms with van der Waals surface area (Å²) in [4.78, 5) is 2.24. The van der Waals surface area contributed by atoms with Gasteiger partial charge in [-0.15, -0.1) is 0 Å². The summed E-state index contributed by atoms with van der Waals surface area (Å²) in [6.45, 7) is 1.87. The van der Waals surface area contributed by atoms with E-state index < -0.39 is 6.10 Å². The van der Waals surface area contributed by atoms with Gasteiger partial charge < -0.3 is 20.1 Å². The smallest absolute Gasteiger partial charge is 0.120 e. The maximum Gasteiger partial charge on any atom is 0.120 e. The fourth-order valence-electron chi connectivity index (χ4n) is 3.67. The van der Waals surface area contributed by atoms with E-state index in [0.717, 1.165) is 28.0 Å². The number of aliphatic hydroxyl groups excluding tert-OH is 2. The molecule has 154 valence electrons. The van der Waals surface area contributed by atoms with Gasteiger partial charge in [0.15, 0.2) is 0 Å². The van der Waals surface area contributed by atoms with Crippen LogP contribution in [0.25, 0.3) is 11.1 Å². The second-order valence-electron chi connectivity index (χ2n) is 7.16. The number of fused-ring (bicyclic) bond motifs is 2. The van der Waals surface area contributed by atoms with Crippen molar-refractivity contribution in [1.82, 2.24) is 0 Å². The third-order valence-corrected chi connectivity index (χ3v) is 6.25. The fourth-order valence-corrected chi connectivity index (χ4v) is 4.81. The number of aliphatic hydroxyl groups is 2. The van der Waals surface area contributed by atoms with Gasteiger partial charge >= 0.3 is 0 Å². The zero-order valence-corrected chi connectivity index (χ0v) is 17.5. The summed E-state index contributed by atoms with van der Waals surface area (Å²) in [7, 11) is 0. The molecule has 4 rings (SSSR count). The normalized spacial score (nSPS) is 14.0. The zero-order valence-electron chi connectivity index (χ0n) is 16.7. The van der Waals surface area contributed by atoms with Crippen LogP contribution in [-0.2, 0) is 0 Å². The van der Waals surface area contributed by atoms with E-state index in [4.69, 9.17) is 9.84 Å². The Bertz CT molecular complexity index is 1070. The van der Waals surface area contributed by atoms with Crippen LogP contribution in [-0.4, -0.2) is 34.6 Å². The van der Waals surface area contributed by atoms with Crippen LogP contribution < -0.4 is 4.74 Å². The molecule has 30 heavy (non-hydrogen) atoms. The van der Waals surface area contributed by atoms with E-state index >= 15 is 0 Å². The number of ether oxygens (including phenoxy) is 1. The Morgan fingerprint density at radius 1 is 0.933 bits per heavy atom. The number of allylic oxidation sites excluding steroid dienone is 1. The van der Waals surface area contributed by atoms with Crippen LogP contribution in [0.15, 0.2) is 76.5 Å². The van der Waals surface area contributed by atoms with E-state index in [-0.39, 0.29) is 19.0 Å². The summed E-state index contributed by atoms with van der Waals surface area (Å²) in [6, 6.07) is 21.6. The minimum absolute atomic E-state index is 0.0391.